The molecule has 1 rings (SSSR count). The van der Waals surface area contributed by atoms with E-state index in [1.54, 1.807) is 19.1 Å². The lowest BCUT2D eigenvalue weighted by Crippen LogP contribution is -2.03. The maximum Gasteiger partial charge on any atom is 0.312 e. The van der Waals surface area contributed by atoms with E-state index in [9.17, 15) is 4.57 Å². The molecule has 0 saturated heterocycles. The van der Waals surface area contributed by atoms with Crippen molar-refractivity contribution >= 4 is 53.1 Å². The van der Waals surface area contributed by atoms with Crippen molar-refractivity contribution in [2.45, 2.75) is 6.92 Å². The summed E-state index contributed by atoms with van der Waals surface area (Å²) in [5, 5.41) is 8.10. The summed E-state index contributed by atoms with van der Waals surface area (Å²) in [6.07, 6.45) is 1.50. The van der Waals surface area contributed by atoms with Crippen molar-refractivity contribution in [1.29, 1.82) is 5.41 Å². The van der Waals surface area contributed by atoms with Gasteiger partial charge in [0, 0.05) is 5.82 Å². The van der Waals surface area contributed by atoms with Crippen LogP contribution in [0.25, 0.3) is 6.08 Å². The summed E-state index contributed by atoms with van der Waals surface area (Å²) >= 11 is 17.8. The third-order valence-corrected chi connectivity index (χ3v) is 4.59. The molecule has 4 nitrogen and oxygen atoms in total. The zero-order chi connectivity index (χ0) is 15.3. The van der Waals surface area contributed by atoms with Gasteiger partial charge in [-0.1, -0.05) is 23.2 Å². The molecule has 0 heterocycles. The molecule has 0 aromatic heterocycles. The van der Waals surface area contributed by atoms with Gasteiger partial charge in [0.15, 0.2) is 0 Å². The summed E-state index contributed by atoms with van der Waals surface area (Å²) in [5.74, 6) is 1.13. The van der Waals surface area contributed by atoms with Crippen LogP contribution in [0.1, 0.15) is 18.1 Å². The van der Waals surface area contributed by atoms with E-state index in [0.717, 1.165) is 0 Å². The number of benzene rings is 1. The van der Waals surface area contributed by atoms with Crippen LogP contribution in [0.5, 0.6) is 0 Å². The predicted molar refractivity (Wildman–Crippen MR) is 84.4 cm³/mol. The van der Waals surface area contributed by atoms with E-state index in [-0.39, 0.29) is 22.5 Å². The Balaban J connectivity index is 3.09. The van der Waals surface area contributed by atoms with Crippen LogP contribution in [0.15, 0.2) is 17.9 Å². The number of nitrogens with one attached hydrogen (secondary N) is 1. The monoisotopic (exact) mass is 355 g/mol. The number of hydrogen-bond donors (Lipinski definition) is 1. The molecule has 1 unspecified atom stereocenters. The smallest absolute Gasteiger partial charge is 0.312 e. The Morgan fingerprint density at radius 3 is 2.40 bits per heavy atom. The van der Waals surface area contributed by atoms with Gasteiger partial charge in [-0.3, -0.25) is 9.97 Å². The van der Waals surface area contributed by atoms with E-state index in [2.05, 4.69) is 0 Å². The molecule has 0 spiro atoms. The van der Waals surface area contributed by atoms with Gasteiger partial charge in [-0.05, 0) is 41.9 Å². The van der Waals surface area contributed by atoms with Gasteiger partial charge in [0.2, 0.25) is 5.90 Å². The Hall–Kier alpha value is -0.510. The molecule has 20 heavy (non-hydrogen) atoms. The number of halogens is 3. The number of ether oxygens (including phenoxy) is 1. The molecule has 0 aliphatic rings. The number of methoxy groups -OCH3 is 1. The van der Waals surface area contributed by atoms with Crippen LogP contribution >= 0.6 is 41.2 Å². The van der Waals surface area contributed by atoms with Crippen LogP contribution in [0, 0.1) is 5.41 Å². The fourth-order valence-electron chi connectivity index (χ4n) is 1.40. The fourth-order valence-corrected chi connectivity index (χ4v) is 3.33. The topological polar surface area (TPSA) is 59.4 Å². The van der Waals surface area contributed by atoms with Gasteiger partial charge in [-0.15, -0.1) is 0 Å². The molecule has 0 saturated carbocycles. The standard InChI is InChI=1S/C12H13Cl3NO3P/c1-3-19-20(15,17)5-4-8-6-9(13)11(10(14)7-8)12(16)18-2/h4-7,16H,3H2,1-2H3/b5-4+,16-12?. The molecule has 1 aromatic rings. The molecule has 1 atom stereocenters. The summed E-state index contributed by atoms with van der Waals surface area (Å²) in [7, 11) is 1.36. The first-order valence-electron chi connectivity index (χ1n) is 5.56. The lowest BCUT2D eigenvalue weighted by molar-refractivity contribution is 0.351. The summed E-state index contributed by atoms with van der Waals surface area (Å²) in [5.41, 5.74) is 0.889. The van der Waals surface area contributed by atoms with Gasteiger partial charge in [0.05, 0.1) is 29.3 Å². The van der Waals surface area contributed by atoms with E-state index in [1.165, 1.54) is 19.0 Å². The maximum atomic E-state index is 11.7. The Bertz CT molecular complexity index is 566. The molecule has 0 aliphatic carbocycles. The van der Waals surface area contributed by atoms with Crippen LogP contribution in [0.2, 0.25) is 10.0 Å². The van der Waals surface area contributed by atoms with Crippen LogP contribution in [-0.4, -0.2) is 19.6 Å². The quantitative estimate of drug-likeness (QED) is 0.436. The van der Waals surface area contributed by atoms with E-state index >= 15 is 0 Å². The average molecular weight is 357 g/mol. The number of hydrogen-bond acceptors (Lipinski definition) is 4. The molecule has 0 amide bonds. The fraction of sp³-hybridized carbons (Fsp3) is 0.250. The van der Waals surface area contributed by atoms with Gasteiger partial charge >= 0.3 is 6.72 Å². The number of rotatable bonds is 5. The zero-order valence-electron chi connectivity index (χ0n) is 10.8. The van der Waals surface area contributed by atoms with Crippen molar-refractivity contribution in [2.75, 3.05) is 13.7 Å². The predicted octanol–water partition coefficient (Wildman–Crippen LogP) is 5.40. The molecular weight excluding hydrogens is 343 g/mol. The van der Waals surface area contributed by atoms with E-state index in [1.807, 2.05) is 0 Å². The molecule has 8 heteroatoms. The Morgan fingerprint density at radius 2 is 1.95 bits per heavy atom. The lowest BCUT2D eigenvalue weighted by atomic mass is 10.1. The van der Waals surface area contributed by atoms with Crippen LogP contribution in [-0.2, 0) is 13.8 Å². The second-order valence-corrected chi connectivity index (χ2v) is 7.47. The van der Waals surface area contributed by atoms with Crippen molar-refractivity contribution in [1.82, 2.24) is 0 Å². The molecule has 0 bridgehead atoms. The molecular formula is C12H13Cl3NO3P. The first-order chi connectivity index (χ1) is 9.30. The van der Waals surface area contributed by atoms with Gasteiger partial charge in [0.1, 0.15) is 0 Å². The van der Waals surface area contributed by atoms with Crippen molar-refractivity contribution in [3.63, 3.8) is 0 Å². The Morgan fingerprint density at radius 1 is 1.40 bits per heavy atom. The van der Waals surface area contributed by atoms with E-state index in [4.69, 9.17) is 49.1 Å². The van der Waals surface area contributed by atoms with Gasteiger partial charge < -0.3 is 9.26 Å². The van der Waals surface area contributed by atoms with E-state index < -0.39 is 6.72 Å². The normalized spacial score (nSPS) is 14.2. The minimum absolute atomic E-state index is 0.132. The minimum Gasteiger partial charge on any atom is -0.481 e. The minimum atomic E-state index is -3.29. The highest BCUT2D eigenvalue weighted by atomic mass is 35.7. The summed E-state index contributed by atoms with van der Waals surface area (Å²) in [6, 6.07) is 3.13. The lowest BCUT2D eigenvalue weighted by Gasteiger charge is -2.09. The molecule has 110 valence electrons. The first kappa shape index (κ1) is 17.5. The summed E-state index contributed by atoms with van der Waals surface area (Å²) in [4.78, 5) is 0. The van der Waals surface area contributed by atoms with E-state index in [0.29, 0.717) is 11.1 Å². The largest absolute Gasteiger partial charge is 0.481 e. The zero-order valence-corrected chi connectivity index (χ0v) is 14.0. The first-order valence-corrected chi connectivity index (χ1v) is 8.91. The molecule has 0 fully saturated rings. The van der Waals surface area contributed by atoms with Gasteiger partial charge in [-0.2, -0.15) is 0 Å². The van der Waals surface area contributed by atoms with Gasteiger partial charge in [0.25, 0.3) is 0 Å². The highest BCUT2D eigenvalue weighted by Gasteiger charge is 2.15. The molecule has 0 radical (unpaired) electrons. The third kappa shape index (κ3) is 4.80. The summed E-state index contributed by atoms with van der Waals surface area (Å²) < 4.78 is 21.4. The molecule has 1 N–H and O–H groups in total. The highest BCUT2D eigenvalue weighted by molar-refractivity contribution is 7.87. The van der Waals surface area contributed by atoms with Gasteiger partial charge in [-0.25, -0.2) is 0 Å². The van der Waals surface area contributed by atoms with Crippen molar-refractivity contribution < 1.29 is 13.8 Å². The maximum absolute atomic E-state index is 11.7. The van der Waals surface area contributed by atoms with Crippen molar-refractivity contribution in [3.8, 4) is 0 Å². The summed E-state index contributed by atoms with van der Waals surface area (Å²) in [6.45, 7) is -1.34. The van der Waals surface area contributed by atoms with Crippen LogP contribution in [0.4, 0.5) is 0 Å². The molecule has 1 aromatic carbocycles. The SMILES string of the molecule is CCOP(=O)(Cl)/C=C/c1cc(Cl)c(C(=N)OC)c(Cl)c1. The highest BCUT2D eigenvalue weighted by Crippen LogP contribution is 2.54. The second-order valence-electron chi connectivity index (χ2n) is 3.65. The Kier molecular flexibility index (Phi) is 6.56. The second kappa shape index (κ2) is 7.48. The average Bonchev–Trinajstić information content (AvgIpc) is 2.35. The van der Waals surface area contributed by atoms with Crippen molar-refractivity contribution in [3.05, 3.63) is 39.1 Å². The van der Waals surface area contributed by atoms with Crippen LogP contribution < -0.4 is 0 Å². The Labute approximate surface area is 132 Å². The molecule has 0 aliphatic heterocycles. The van der Waals surface area contributed by atoms with Crippen LogP contribution in [0.3, 0.4) is 0 Å². The third-order valence-electron chi connectivity index (χ3n) is 2.25. The van der Waals surface area contributed by atoms with Crippen molar-refractivity contribution in [2.24, 2.45) is 0 Å².